The highest BCUT2D eigenvalue weighted by Crippen LogP contribution is 2.30. The van der Waals surface area contributed by atoms with E-state index in [0.29, 0.717) is 34.5 Å². The molecule has 3 aromatic rings. The van der Waals surface area contributed by atoms with Gasteiger partial charge in [0.1, 0.15) is 28.0 Å². The number of nitrogens with two attached hydrogens (primary N) is 2. The quantitative estimate of drug-likeness (QED) is 0.268. The van der Waals surface area contributed by atoms with Crippen LogP contribution in [0, 0.1) is 23.3 Å². The number of hydrogen-bond donors (Lipinski definition) is 3. The zero-order valence-electron chi connectivity index (χ0n) is 16.9. The summed E-state index contributed by atoms with van der Waals surface area (Å²) in [5.41, 5.74) is 4.56. The van der Waals surface area contributed by atoms with Crippen molar-refractivity contribution in [3.8, 4) is 5.75 Å². The number of sulfonamides is 1. The van der Waals surface area contributed by atoms with Gasteiger partial charge in [0, 0.05) is 18.0 Å². The van der Waals surface area contributed by atoms with Crippen LogP contribution in [0.3, 0.4) is 0 Å². The first-order valence-corrected chi connectivity index (χ1v) is 10.5. The Hall–Kier alpha value is -3.84. The summed E-state index contributed by atoms with van der Waals surface area (Å²) in [4.78, 5) is 2.84. The highest BCUT2D eigenvalue weighted by Gasteiger charge is 2.24. The molecule has 8 nitrogen and oxygen atoms in total. The van der Waals surface area contributed by atoms with E-state index in [9.17, 15) is 21.6 Å². The summed E-state index contributed by atoms with van der Waals surface area (Å²) in [6, 6.07) is 4.72. The molecule has 174 valence electrons. The number of anilines is 2. The van der Waals surface area contributed by atoms with Gasteiger partial charge in [-0.15, -0.1) is 0 Å². The third kappa shape index (κ3) is 5.15. The number of nitrogens with one attached hydrogen (secondary N) is 1. The Morgan fingerprint density at radius 1 is 1.09 bits per heavy atom. The molecule has 1 aromatic heterocycles. The fourth-order valence-corrected chi connectivity index (χ4v) is 3.87. The number of halogens is 4. The molecule has 2 aromatic carbocycles. The van der Waals surface area contributed by atoms with Crippen LogP contribution in [0.4, 0.5) is 28.9 Å². The highest BCUT2D eigenvalue weighted by molar-refractivity contribution is 7.92. The monoisotopic (exact) mass is 483 g/mol. The molecule has 5 N–H and O–H groups in total. The van der Waals surface area contributed by atoms with Gasteiger partial charge in [-0.25, -0.2) is 31.8 Å². The van der Waals surface area contributed by atoms with Crippen molar-refractivity contribution in [2.24, 2.45) is 11.6 Å². The summed E-state index contributed by atoms with van der Waals surface area (Å²) < 4.78 is 88.3. The molecule has 0 amide bonds. The molecule has 0 radical (unpaired) electrons. The van der Waals surface area contributed by atoms with E-state index in [2.05, 4.69) is 4.98 Å². The second kappa shape index (κ2) is 9.34. The summed E-state index contributed by atoms with van der Waals surface area (Å²) >= 11 is 0. The minimum atomic E-state index is -4.77. The second-order valence-electron chi connectivity index (χ2n) is 6.54. The van der Waals surface area contributed by atoms with Crippen molar-refractivity contribution in [2.75, 3.05) is 16.8 Å². The maximum atomic E-state index is 15.0. The van der Waals surface area contributed by atoms with E-state index in [1.807, 2.05) is 0 Å². The number of rotatable bonds is 7. The highest BCUT2D eigenvalue weighted by atomic mass is 32.2. The minimum Gasteiger partial charge on any atom is -0.495 e. The van der Waals surface area contributed by atoms with Crippen LogP contribution >= 0.6 is 0 Å². The molecule has 1 heterocycles. The van der Waals surface area contributed by atoms with Gasteiger partial charge in [0.25, 0.3) is 10.0 Å². The van der Waals surface area contributed by atoms with Crippen LogP contribution in [0.25, 0.3) is 5.70 Å². The first kappa shape index (κ1) is 23.8. The van der Waals surface area contributed by atoms with E-state index >= 15 is 4.39 Å². The Balaban J connectivity index is 1.97. The van der Waals surface area contributed by atoms with E-state index in [4.69, 9.17) is 16.3 Å². The predicted octanol–water partition coefficient (Wildman–Crippen LogP) is 3.08. The van der Waals surface area contributed by atoms with Crippen LogP contribution in [0.5, 0.6) is 5.75 Å². The van der Waals surface area contributed by atoms with Crippen LogP contribution in [-0.2, 0) is 10.0 Å². The molecule has 0 aliphatic heterocycles. The SMILES string of the molecule is COc1cncc(/C(N)=C/N(N)c2c(F)ccc(NS(=O)(=O)c3cc(F)ccc3F)c2F)c1. The molecule has 0 atom stereocenters. The van der Waals surface area contributed by atoms with Gasteiger partial charge in [-0.2, -0.15) is 0 Å². The molecule has 0 saturated carbocycles. The largest absolute Gasteiger partial charge is 0.495 e. The molecule has 0 aliphatic carbocycles. The van der Waals surface area contributed by atoms with Crippen LogP contribution < -0.4 is 26.0 Å². The predicted molar refractivity (Wildman–Crippen MR) is 113 cm³/mol. The topological polar surface area (TPSA) is 124 Å². The molecule has 0 aliphatic rings. The maximum Gasteiger partial charge on any atom is 0.265 e. The molecule has 0 spiro atoms. The number of ether oxygens (including phenoxy) is 1. The molecule has 13 heteroatoms. The van der Waals surface area contributed by atoms with Crippen LogP contribution in [0.15, 0.2) is 59.9 Å². The number of nitrogens with zero attached hydrogens (tertiary/aromatic N) is 2. The van der Waals surface area contributed by atoms with Gasteiger partial charge in [-0.05, 0) is 36.4 Å². The van der Waals surface area contributed by atoms with Gasteiger partial charge in [0.15, 0.2) is 11.6 Å². The second-order valence-corrected chi connectivity index (χ2v) is 8.19. The van der Waals surface area contributed by atoms with E-state index in [1.54, 1.807) is 4.72 Å². The van der Waals surface area contributed by atoms with Crippen molar-refractivity contribution in [1.29, 1.82) is 0 Å². The normalized spacial score (nSPS) is 11.9. The number of aromatic nitrogens is 1. The first-order chi connectivity index (χ1) is 15.5. The third-order valence-corrected chi connectivity index (χ3v) is 5.69. The summed E-state index contributed by atoms with van der Waals surface area (Å²) in [5, 5.41) is 0.500. The summed E-state index contributed by atoms with van der Waals surface area (Å²) in [6.45, 7) is 0. The lowest BCUT2D eigenvalue weighted by Gasteiger charge is -2.19. The number of hydrazine groups is 1. The van der Waals surface area contributed by atoms with Crippen molar-refractivity contribution < 1.29 is 30.7 Å². The standard InChI is InChI=1S/C20H17F4N5O3S/c1-32-13-6-11(8-27-9-13)16(25)10-29(26)20-15(23)4-5-17(19(20)24)28-33(30,31)18-7-12(21)2-3-14(18)22/h2-10,28H,25-26H2,1H3/b16-10-. The fraction of sp³-hybridized carbons (Fsp3) is 0.0500. The summed E-state index contributed by atoms with van der Waals surface area (Å²) in [7, 11) is -3.36. The van der Waals surface area contributed by atoms with Crippen molar-refractivity contribution in [2.45, 2.75) is 4.90 Å². The van der Waals surface area contributed by atoms with E-state index < -0.39 is 49.6 Å². The van der Waals surface area contributed by atoms with Crippen molar-refractivity contribution in [3.63, 3.8) is 0 Å². The van der Waals surface area contributed by atoms with Gasteiger partial charge in [-0.1, -0.05) is 0 Å². The lowest BCUT2D eigenvalue weighted by atomic mass is 10.2. The van der Waals surface area contributed by atoms with Gasteiger partial charge >= 0.3 is 0 Å². The summed E-state index contributed by atoms with van der Waals surface area (Å²) in [6.07, 6.45) is 3.74. The summed E-state index contributed by atoms with van der Waals surface area (Å²) in [5.74, 6) is 1.24. The van der Waals surface area contributed by atoms with Gasteiger partial charge in [-0.3, -0.25) is 14.7 Å². The average Bonchev–Trinajstić information content (AvgIpc) is 2.77. The molecule has 0 unspecified atom stereocenters. The minimum absolute atomic E-state index is 0.0458. The average molecular weight is 483 g/mol. The fourth-order valence-electron chi connectivity index (χ4n) is 2.72. The van der Waals surface area contributed by atoms with E-state index in [0.717, 1.165) is 18.3 Å². The zero-order chi connectivity index (χ0) is 24.3. The van der Waals surface area contributed by atoms with Crippen LogP contribution in [0.2, 0.25) is 0 Å². The molecule has 0 bridgehead atoms. The smallest absolute Gasteiger partial charge is 0.265 e. The Morgan fingerprint density at radius 2 is 1.79 bits per heavy atom. The zero-order valence-corrected chi connectivity index (χ0v) is 17.7. The van der Waals surface area contributed by atoms with Gasteiger partial charge in [0.2, 0.25) is 0 Å². The molecule has 0 saturated heterocycles. The lowest BCUT2D eigenvalue weighted by Crippen LogP contribution is -2.28. The number of methoxy groups -OCH3 is 1. The lowest BCUT2D eigenvalue weighted by molar-refractivity contribution is 0.412. The Morgan fingerprint density at radius 3 is 2.48 bits per heavy atom. The maximum absolute atomic E-state index is 15.0. The van der Waals surface area contributed by atoms with Crippen molar-refractivity contribution in [1.82, 2.24) is 4.98 Å². The molecule has 3 rings (SSSR count). The number of benzene rings is 2. The first-order valence-electron chi connectivity index (χ1n) is 9.00. The van der Waals surface area contributed by atoms with Crippen molar-refractivity contribution in [3.05, 3.63) is 83.8 Å². The van der Waals surface area contributed by atoms with E-state index in [-0.39, 0.29) is 5.70 Å². The molecular weight excluding hydrogens is 466 g/mol. The van der Waals surface area contributed by atoms with Gasteiger partial charge in [0.05, 0.1) is 24.7 Å². The number of hydrogen-bond acceptors (Lipinski definition) is 7. The Labute approximate surface area is 186 Å². The molecule has 0 fully saturated rings. The van der Waals surface area contributed by atoms with Crippen LogP contribution in [0.1, 0.15) is 5.56 Å². The molecule has 33 heavy (non-hydrogen) atoms. The van der Waals surface area contributed by atoms with Gasteiger partial charge < -0.3 is 10.5 Å². The third-order valence-electron chi connectivity index (χ3n) is 4.31. The molecular formula is C20H17F4N5O3S. The van der Waals surface area contributed by atoms with Crippen LogP contribution in [-0.4, -0.2) is 20.5 Å². The Kier molecular flexibility index (Phi) is 6.74. The number of pyridine rings is 1. The van der Waals surface area contributed by atoms with E-state index in [1.165, 1.54) is 25.6 Å². The van der Waals surface area contributed by atoms with Crippen molar-refractivity contribution >= 4 is 27.1 Å². The Bertz CT molecular complexity index is 1340.